The predicted molar refractivity (Wildman–Crippen MR) is 60.7 cm³/mol. The number of nitrogens with one attached hydrogen (secondary N) is 1. The van der Waals surface area contributed by atoms with Gasteiger partial charge in [-0.1, -0.05) is 0 Å². The highest BCUT2D eigenvalue weighted by molar-refractivity contribution is 7.71. The highest BCUT2D eigenvalue weighted by Gasteiger charge is 2.09. The standard InChI is InChI=1S/C9H11N5OS/c1-3-14-8(12-13-9(14)16)7-10-4-6(15-2)5-11-7/h4-5H,3H2,1-2H3,(H,13,16). The molecule has 0 aliphatic rings. The van der Waals surface area contributed by atoms with Gasteiger partial charge in [0.2, 0.25) is 0 Å². The van der Waals surface area contributed by atoms with E-state index in [9.17, 15) is 0 Å². The minimum Gasteiger partial charge on any atom is -0.494 e. The van der Waals surface area contributed by atoms with Gasteiger partial charge in [0.05, 0.1) is 19.5 Å². The lowest BCUT2D eigenvalue weighted by molar-refractivity contribution is 0.411. The van der Waals surface area contributed by atoms with Gasteiger partial charge in [-0.25, -0.2) is 9.97 Å². The molecule has 2 aromatic rings. The number of methoxy groups -OCH3 is 1. The number of ether oxygens (including phenoxy) is 1. The SMILES string of the molecule is CCn1c(-c2ncc(OC)cn2)n[nH]c1=S. The number of hydrogen-bond donors (Lipinski definition) is 1. The number of hydrogen-bond acceptors (Lipinski definition) is 5. The largest absolute Gasteiger partial charge is 0.494 e. The van der Waals surface area contributed by atoms with Crippen LogP contribution < -0.4 is 4.74 Å². The second kappa shape index (κ2) is 4.40. The molecule has 0 spiro atoms. The Balaban J connectivity index is 2.46. The van der Waals surface area contributed by atoms with E-state index in [0.29, 0.717) is 22.2 Å². The summed E-state index contributed by atoms with van der Waals surface area (Å²) in [5, 5.41) is 6.81. The van der Waals surface area contributed by atoms with Crippen LogP contribution in [0.4, 0.5) is 0 Å². The quantitative estimate of drug-likeness (QED) is 0.818. The minimum absolute atomic E-state index is 0.523. The number of aromatic amines is 1. The molecule has 0 bridgehead atoms. The van der Waals surface area contributed by atoms with Gasteiger partial charge in [0, 0.05) is 6.54 Å². The lowest BCUT2D eigenvalue weighted by Gasteiger charge is -2.02. The van der Waals surface area contributed by atoms with Crippen molar-refractivity contribution in [3.63, 3.8) is 0 Å². The van der Waals surface area contributed by atoms with Crippen LogP contribution in [0.3, 0.4) is 0 Å². The monoisotopic (exact) mass is 237 g/mol. The third kappa shape index (κ3) is 1.81. The molecule has 0 aliphatic carbocycles. The molecule has 0 fully saturated rings. The highest BCUT2D eigenvalue weighted by atomic mass is 32.1. The lowest BCUT2D eigenvalue weighted by atomic mass is 10.5. The normalized spacial score (nSPS) is 10.4. The molecule has 2 heterocycles. The van der Waals surface area contributed by atoms with Crippen LogP contribution in [0.15, 0.2) is 12.4 Å². The van der Waals surface area contributed by atoms with Crippen molar-refractivity contribution in [2.75, 3.05) is 7.11 Å². The van der Waals surface area contributed by atoms with Gasteiger partial charge < -0.3 is 4.74 Å². The summed E-state index contributed by atoms with van der Waals surface area (Å²) in [6.07, 6.45) is 3.19. The van der Waals surface area contributed by atoms with Gasteiger partial charge in [-0.05, 0) is 19.1 Å². The van der Waals surface area contributed by atoms with Crippen LogP contribution in [-0.4, -0.2) is 31.8 Å². The van der Waals surface area contributed by atoms with Crippen LogP contribution in [0.25, 0.3) is 11.6 Å². The van der Waals surface area contributed by atoms with Crippen LogP contribution in [0, 0.1) is 4.77 Å². The van der Waals surface area contributed by atoms with Gasteiger partial charge in [0.25, 0.3) is 0 Å². The summed E-state index contributed by atoms with van der Waals surface area (Å²) in [6.45, 7) is 2.71. The summed E-state index contributed by atoms with van der Waals surface area (Å²) in [7, 11) is 1.57. The van der Waals surface area contributed by atoms with Crippen LogP contribution in [0.2, 0.25) is 0 Å². The van der Waals surface area contributed by atoms with Crippen LogP contribution in [0.5, 0.6) is 5.75 Å². The van der Waals surface area contributed by atoms with Gasteiger partial charge in [-0.3, -0.25) is 9.67 Å². The molecular formula is C9H11N5OS. The van der Waals surface area contributed by atoms with E-state index in [1.165, 1.54) is 0 Å². The maximum absolute atomic E-state index is 5.09. The van der Waals surface area contributed by atoms with E-state index in [0.717, 1.165) is 6.54 Å². The zero-order valence-electron chi connectivity index (χ0n) is 8.97. The van der Waals surface area contributed by atoms with Crippen molar-refractivity contribution in [2.24, 2.45) is 0 Å². The fourth-order valence-electron chi connectivity index (χ4n) is 1.32. The molecule has 0 saturated carbocycles. The average Bonchev–Trinajstić information content (AvgIpc) is 2.70. The van der Waals surface area contributed by atoms with Crippen molar-refractivity contribution in [1.82, 2.24) is 24.7 Å². The molecular weight excluding hydrogens is 226 g/mol. The summed E-state index contributed by atoms with van der Waals surface area (Å²) in [4.78, 5) is 8.31. The molecule has 2 rings (SSSR count). The lowest BCUT2D eigenvalue weighted by Crippen LogP contribution is -2.01. The van der Waals surface area contributed by atoms with Crippen LogP contribution >= 0.6 is 12.2 Å². The van der Waals surface area contributed by atoms with Crippen molar-refractivity contribution < 1.29 is 4.74 Å². The zero-order valence-corrected chi connectivity index (χ0v) is 9.78. The summed E-state index contributed by atoms with van der Waals surface area (Å²) in [5.74, 6) is 1.77. The molecule has 0 aliphatic heterocycles. The van der Waals surface area contributed by atoms with Gasteiger partial charge in [0.15, 0.2) is 22.2 Å². The van der Waals surface area contributed by atoms with Gasteiger partial charge in [-0.2, -0.15) is 5.10 Å². The molecule has 2 aromatic heterocycles. The number of rotatable bonds is 3. The van der Waals surface area contributed by atoms with Gasteiger partial charge in [0.1, 0.15) is 0 Å². The molecule has 0 atom stereocenters. The van der Waals surface area contributed by atoms with Gasteiger partial charge >= 0.3 is 0 Å². The van der Waals surface area contributed by atoms with Crippen molar-refractivity contribution in [1.29, 1.82) is 0 Å². The Kier molecular flexibility index (Phi) is 2.95. The van der Waals surface area contributed by atoms with Crippen molar-refractivity contribution >= 4 is 12.2 Å². The van der Waals surface area contributed by atoms with E-state index in [1.54, 1.807) is 19.5 Å². The molecule has 0 unspecified atom stereocenters. The Morgan fingerprint density at radius 2 is 2.12 bits per heavy atom. The van der Waals surface area contributed by atoms with Crippen LogP contribution in [-0.2, 0) is 6.54 Å². The van der Waals surface area contributed by atoms with Crippen LogP contribution in [0.1, 0.15) is 6.92 Å². The van der Waals surface area contributed by atoms with Gasteiger partial charge in [-0.15, -0.1) is 0 Å². The molecule has 0 amide bonds. The maximum atomic E-state index is 5.09. The topological polar surface area (TPSA) is 68.6 Å². The Bertz CT molecular complexity index is 530. The minimum atomic E-state index is 0.523. The third-order valence-corrected chi connectivity index (χ3v) is 2.45. The van der Waals surface area contributed by atoms with Crippen molar-refractivity contribution in [3.8, 4) is 17.4 Å². The molecule has 84 valence electrons. The number of aromatic nitrogens is 5. The highest BCUT2D eigenvalue weighted by Crippen LogP contribution is 2.14. The Labute approximate surface area is 97.3 Å². The molecule has 0 saturated heterocycles. The Morgan fingerprint density at radius 3 is 2.69 bits per heavy atom. The average molecular weight is 237 g/mol. The van der Waals surface area contributed by atoms with Crippen molar-refractivity contribution in [3.05, 3.63) is 17.2 Å². The fraction of sp³-hybridized carbons (Fsp3) is 0.333. The van der Waals surface area contributed by atoms with E-state index in [1.807, 2.05) is 11.5 Å². The molecule has 6 nitrogen and oxygen atoms in total. The molecule has 16 heavy (non-hydrogen) atoms. The summed E-state index contributed by atoms with van der Waals surface area (Å²) in [6, 6.07) is 0. The maximum Gasteiger partial charge on any atom is 0.200 e. The smallest absolute Gasteiger partial charge is 0.200 e. The first kappa shape index (κ1) is 10.7. The molecule has 0 aromatic carbocycles. The Hall–Kier alpha value is -1.76. The van der Waals surface area contributed by atoms with E-state index >= 15 is 0 Å². The third-order valence-electron chi connectivity index (χ3n) is 2.14. The number of H-pyrrole nitrogens is 1. The second-order valence-corrected chi connectivity index (χ2v) is 3.43. The summed E-state index contributed by atoms with van der Waals surface area (Å²) in [5.41, 5.74) is 0. The Morgan fingerprint density at radius 1 is 1.44 bits per heavy atom. The molecule has 0 radical (unpaired) electrons. The molecule has 1 N–H and O–H groups in total. The van der Waals surface area contributed by atoms with E-state index in [-0.39, 0.29) is 0 Å². The first-order valence-electron chi connectivity index (χ1n) is 4.78. The fourth-order valence-corrected chi connectivity index (χ4v) is 1.58. The number of nitrogens with zero attached hydrogens (tertiary/aromatic N) is 4. The first-order valence-corrected chi connectivity index (χ1v) is 5.18. The molecule has 7 heteroatoms. The van der Waals surface area contributed by atoms with E-state index in [4.69, 9.17) is 17.0 Å². The first-order chi connectivity index (χ1) is 7.76. The summed E-state index contributed by atoms with van der Waals surface area (Å²) < 4.78 is 7.38. The van der Waals surface area contributed by atoms with Crippen molar-refractivity contribution in [2.45, 2.75) is 13.5 Å². The predicted octanol–water partition coefficient (Wildman–Crippen LogP) is 1.43. The zero-order chi connectivity index (χ0) is 11.5. The van der Waals surface area contributed by atoms with E-state index in [2.05, 4.69) is 20.2 Å². The second-order valence-electron chi connectivity index (χ2n) is 3.04. The van der Waals surface area contributed by atoms with E-state index < -0.39 is 0 Å². The summed E-state index contributed by atoms with van der Waals surface area (Å²) >= 11 is 5.09.